The number of fused-ring (bicyclic) bond motifs is 2. The van der Waals surface area contributed by atoms with Crippen LogP contribution in [0.1, 0.15) is 43.2 Å². The number of aliphatic hydroxyl groups is 1. The molecule has 1 aromatic heterocycles. The molecule has 0 spiro atoms. The molecule has 0 radical (unpaired) electrons. The third-order valence-electron chi connectivity index (χ3n) is 5.99. The van der Waals surface area contributed by atoms with Gasteiger partial charge in [-0.1, -0.05) is 44.0 Å². The van der Waals surface area contributed by atoms with Crippen molar-refractivity contribution in [2.24, 2.45) is 0 Å². The number of amides is 1. The fourth-order valence-corrected chi connectivity index (χ4v) is 4.22. The quantitative estimate of drug-likeness (QED) is 0.374. The molecule has 4 N–H and O–H groups in total. The summed E-state index contributed by atoms with van der Waals surface area (Å²) in [6.45, 7) is 2.10. The number of hydrogen-bond donors (Lipinski definition) is 4. The number of aliphatic hydroxyl groups excluding tert-OH is 1. The highest BCUT2D eigenvalue weighted by Crippen LogP contribution is 2.36. The van der Waals surface area contributed by atoms with Gasteiger partial charge in [0.1, 0.15) is 6.04 Å². The predicted octanol–water partition coefficient (Wildman–Crippen LogP) is 3.34. The highest BCUT2D eigenvalue weighted by atomic mass is 16.7. The minimum absolute atomic E-state index is 0.0970. The van der Waals surface area contributed by atoms with Gasteiger partial charge in [-0.25, -0.2) is 4.79 Å². The number of unbranched alkanes of at least 4 members (excludes halogenated alkanes) is 1. The average molecular weight is 453 g/mol. The molecule has 3 atom stereocenters. The van der Waals surface area contributed by atoms with Crippen molar-refractivity contribution in [3.63, 3.8) is 0 Å². The Balaban J connectivity index is 1.58. The lowest BCUT2D eigenvalue weighted by molar-refractivity contribution is -0.142. The maximum atomic E-state index is 13.3. The van der Waals surface area contributed by atoms with Gasteiger partial charge in [-0.05, 0) is 35.7 Å². The van der Waals surface area contributed by atoms with E-state index < -0.39 is 29.9 Å². The summed E-state index contributed by atoms with van der Waals surface area (Å²) >= 11 is 0. The number of aromatic amines is 1. The maximum absolute atomic E-state index is 13.3. The zero-order chi connectivity index (χ0) is 23.4. The van der Waals surface area contributed by atoms with Crippen LogP contribution >= 0.6 is 0 Å². The van der Waals surface area contributed by atoms with Gasteiger partial charge in [0.05, 0.1) is 12.0 Å². The molecule has 1 amide bonds. The number of aromatic nitrogens is 1. The van der Waals surface area contributed by atoms with Gasteiger partial charge in [-0.15, -0.1) is 0 Å². The molecule has 3 aromatic rings. The molecule has 1 aliphatic heterocycles. The fraction of sp³-hybridized carbons (Fsp3) is 0.360. The Labute approximate surface area is 191 Å². The molecule has 0 bridgehead atoms. The monoisotopic (exact) mass is 452 g/mol. The predicted molar refractivity (Wildman–Crippen MR) is 122 cm³/mol. The van der Waals surface area contributed by atoms with E-state index in [0.717, 1.165) is 29.3 Å². The Morgan fingerprint density at radius 1 is 1.15 bits per heavy atom. The fourth-order valence-electron chi connectivity index (χ4n) is 4.22. The number of hydrogen-bond acceptors (Lipinski definition) is 5. The lowest BCUT2D eigenvalue weighted by atomic mass is 9.89. The van der Waals surface area contributed by atoms with E-state index in [1.165, 1.54) is 0 Å². The molecule has 33 heavy (non-hydrogen) atoms. The van der Waals surface area contributed by atoms with Crippen LogP contribution in [0.3, 0.4) is 0 Å². The van der Waals surface area contributed by atoms with Crippen LogP contribution in [-0.4, -0.2) is 46.0 Å². The van der Waals surface area contributed by atoms with Gasteiger partial charge < -0.3 is 30.0 Å². The van der Waals surface area contributed by atoms with Crippen LogP contribution in [0.2, 0.25) is 0 Å². The Hall–Kier alpha value is -3.52. The highest BCUT2D eigenvalue weighted by Gasteiger charge is 2.33. The molecular weight excluding hydrogens is 424 g/mol. The molecule has 0 aliphatic carbocycles. The standard InChI is InChI=1S/C25H28N2O6/c1-2-3-8-20(28)23(15-9-10-21-22(12-15)33-14-32-21)24(29)27-19(25(30)31)11-16-13-26-18-7-5-4-6-17(16)18/h4-7,9-10,12-13,19-20,23,26,28H,2-3,8,11,14H2,1H3,(H,27,29)(H,30,31)/t19-,20-,23-/m0/s1. The first-order valence-corrected chi connectivity index (χ1v) is 11.1. The minimum atomic E-state index is -1.15. The Morgan fingerprint density at radius 2 is 1.94 bits per heavy atom. The summed E-state index contributed by atoms with van der Waals surface area (Å²) in [7, 11) is 0. The molecule has 8 heteroatoms. The van der Waals surface area contributed by atoms with Crippen molar-refractivity contribution >= 4 is 22.8 Å². The van der Waals surface area contributed by atoms with Gasteiger partial charge >= 0.3 is 5.97 Å². The second-order valence-electron chi connectivity index (χ2n) is 8.26. The SMILES string of the molecule is CCCC[C@H](O)[C@@H](C(=O)N[C@@H](Cc1c[nH]c2ccccc12)C(=O)O)c1ccc2c(c1)OCO2. The van der Waals surface area contributed by atoms with Crippen LogP contribution in [0.4, 0.5) is 0 Å². The summed E-state index contributed by atoms with van der Waals surface area (Å²) in [4.78, 5) is 28.5. The van der Waals surface area contributed by atoms with Gasteiger partial charge in [-0.2, -0.15) is 0 Å². The van der Waals surface area contributed by atoms with Gasteiger partial charge in [0.25, 0.3) is 0 Å². The van der Waals surface area contributed by atoms with Gasteiger partial charge in [0.2, 0.25) is 12.7 Å². The van der Waals surface area contributed by atoms with Gasteiger partial charge in [0, 0.05) is 23.5 Å². The number of benzene rings is 2. The molecular formula is C25H28N2O6. The number of aliphatic carboxylic acids is 1. The minimum Gasteiger partial charge on any atom is -0.480 e. The summed E-state index contributed by atoms with van der Waals surface area (Å²) < 4.78 is 10.8. The topological polar surface area (TPSA) is 121 Å². The second-order valence-corrected chi connectivity index (χ2v) is 8.26. The van der Waals surface area contributed by atoms with Crippen LogP contribution in [0.25, 0.3) is 10.9 Å². The molecule has 0 saturated carbocycles. The van der Waals surface area contributed by atoms with E-state index in [1.807, 2.05) is 31.2 Å². The molecule has 0 saturated heterocycles. The first kappa shape index (κ1) is 22.7. The number of para-hydroxylation sites is 1. The van der Waals surface area contributed by atoms with Crippen molar-refractivity contribution in [1.29, 1.82) is 0 Å². The van der Waals surface area contributed by atoms with E-state index in [9.17, 15) is 19.8 Å². The summed E-state index contributed by atoms with van der Waals surface area (Å²) in [5.41, 5.74) is 2.25. The van der Waals surface area contributed by atoms with Crippen molar-refractivity contribution < 1.29 is 29.3 Å². The molecule has 0 fully saturated rings. The molecule has 0 unspecified atom stereocenters. The van der Waals surface area contributed by atoms with Crippen molar-refractivity contribution in [3.05, 3.63) is 59.8 Å². The number of carbonyl (C=O) groups is 2. The second kappa shape index (κ2) is 9.95. The zero-order valence-electron chi connectivity index (χ0n) is 18.4. The molecule has 2 heterocycles. The third kappa shape index (κ3) is 4.96. The van der Waals surface area contributed by atoms with E-state index >= 15 is 0 Å². The van der Waals surface area contributed by atoms with E-state index in [1.54, 1.807) is 24.4 Å². The summed E-state index contributed by atoms with van der Waals surface area (Å²) in [5.74, 6) is -1.54. The first-order valence-electron chi connectivity index (χ1n) is 11.1. The molecule has 174 valence electrons. The highest BCUT2D eigenvalue weighted by molar-refractivity contribution is 5.90. The van der Waals surface area contributed by atoms with Crippen LogP contribution in [0.15, 0.2) is 48.7 Å². The largest absolute Gasteiger partial charge is 0.480 e. The van der Waals surface area contributed by atoms with Gasteiger partial charge in [0.15, 0.2) is 11.5 Å². The Morgan fingerprint density at radius 3 is 2.73 bits per heavy atom. The van der Waals surface area contributed by atoms with Crippen LogP contribution in [-0.2, 0) is 16.0 Å². The summed E-state index contributed by atoms with van der Waals surface area (Å²) in [5, 5.41) is 24.3. The van der Waals surface area contributed by atoms with Crippen LogP contribution in [0, 0.1) is 0 Å². The number of rotatable bonds is 10. The lowest BCUT2D eigenvalue weighted by Crippen LogP contribution is -2.46. The first-order chi connectivity index (χ1) is 16.0. The molecule has 1 aliphatic rings. The van der Waals surface area contributed by atoms with Crippen LogP contribution < -0.4 is 14.8 Å². The average Bonchev–Trinajstić information content (AvgIpc) is 3.44. The van der Waals surface area contributed by atoms with Crippen LogP contribution in [0.5, 0.6) is 11.5 Å². The third-order valence-corrected chi connectivity index (χ3v) is 5.99. The number of carboxylic acid groups (broad SMARTS) is 1. The van der Waals surface area contributed by atoms with E-state index in [4.69, 9.17) is 9.47 Å². The number of carbonyl (C=O) groups excluding carboxylic acids is 1. The normalized spacial score (nSPS) is 15.2. The van der Waals surface area contributed by atoms with E-state index in [-0.39, 0.29) is 13.2 Å². The number of carboxylic acids is 1. The van der Waals surface area contributed by atoms with E-state index in [2.05, 4.69) is 10.3 Å². The summed E-state index contributed by atoms with van der Waals surface area (Å²) in [6.07, 6.45) is 2.94. The Bertz CT molecular complexity index is 1140. The molecule has 4 rings (SSSR count). The van der Waals surface area contributed by atoms with E-state index in [0.29, 0.717) is 23.5 Å². The maximum Gasteiger partial charge on any atom is 0.326 e. The van der Waals surface area contributed by atoms with Crippen molar-refractivity contribution in [1.82, 2.24) is 10.3 Å². The molecule has 8 nitrogen and oxygen atoms in total. The van der Waals surface area contributed by atoms with Crippen molar-refractivity contribution in [3.8, 4) is 11.5 Å². The Kier molecular flexibility index (Phi) is 6.84. The lowest BCUT2D eigenvalue weighted by Gasteiger charge is -2.25. The van der Waals surface area contributed by atoms with Gasteiger partial charge in [-0.3, -0.25) is 4.79 Å². The van der Waals surface area contributed by atoms with Crippen molar-refractivity contribution in [2.75, 3.05) is 6.79 Å². The zero-order valence-corrected chi connectivity index (χ0v) is 18.4. The summed E-state index contributed by atoms with van der Waals surface area (Å²) in [6, 6.07) is 11.5. The number of ether oxygens (including phenoxy) is 2. The number of nitrogens with one attached hydrogen (secondary N) is 2. The smallest absolute Gasteiger partial charge is 0.326 e. The number of H-pyrrole nitrogens is 1. The molecule has 2 aromatic carbocycles. The van der Waals surface area contributed by atoms with Crippen molar-refractivity contribution in [2.45, 2.75) is 50.7 Å².